The number of hydrogen-bond acceptors (Lipinski definition) is 3. The monoisotopic (exact) mass is 299 g/mol. The fourth-order valence-electron chi connectivity index (χ4n) is 3.04. The van der Waals surface area contributed by atoms with E-state index in [2.05, 4.69) is 6.92 Å². The maximum Gasteiger partial charge on any atom is 0.0191 e. The van der Waals surface area contributed by atoms with Crippen LogP contribution in [0.5, 0.6) is 0 Å². The third-order valence-electron chi connectivity index (χ3n) is 4.59. The Morgan fingerprint density at radius 3 is 1.62 bits per heavy atom. The van der Waals surface area contributed by atoms with E-state index in [9.17, 15) is 0 Å². The Kier molecular flexibility index (Phi) is 16.2. The summed E-state index contributed by atoms with van der Waals surface area (Å²) in [6.45, 7) is 3.65. The van der Waals surface area contributed by atoms with Crippen LogP contribution in [0.1, 0.15) is 90.4 Å². The minimum Gasteiger partial charge on any atom is -0.330 e. The van der Waals surface area contributed by atoms with Gasteiger partial charge >= 0.3 is 0 Å². The van der Waals surface area contributed by atoms with Crippen molar-refractivity contribution in [3.8, 4) is 0 Å². The van der Waals surface area contributed by atoms with E-state index in [1.54, 1.807) is 0 Å². The molecule has 0 rings (SSSR count). The number of unbranched alkanes of at least 4 members (excludes halogenated alkanes) is 9. The summed E-state index contributed by atoms with van der Waals surface area (Å²) < 4.78 is 0. The third-order valence-corrected chi connectivity index (χ3v) is 4.59. The lowest BCUT2D eigenvalue weighted by molar-refractivity contribution is 0.351. The summed E-state index contributed by atoms with van der Waals surface area (Å²) in [6, 6.07) is 0.162. The molecule has 0 aliphatic carbocycles. The van der Waals surface area contributed by atoms with E-state index in [1.807, 2.05) is 0 Å². The Labute approximate surface area is 133 Å². The van der Waals surface area contributed by atoms with Crippen LogP contribution in [0.2, 0.25) is 0 Å². The highest BCUT2D eigenvalue weighted by molar-refractivity contribution is 4.74. The first-order valence-corrected chi connectivity index (χ1v) is 9.42. The predicted octanol–water partition coefficient (Wildman–Crippen LogP) is 3.94. The smallest absolute Gasteiger partial charge is 0.0191 e. The highest BCUT2D eigenvalue weighted by Crippen LogP contribution is 2.19. The fourth-order valence-corrected chi connectivity index (χ4v) is 3.04. The molecule has 0 spiro atoms. The van der Waals surface area contributed by atoms with Crippen LogP contribution in [-0.4, -0.2) is 19.1 Å². The van der Waals surface area contributed by atoms with Crippen molar-refractivity contribution in [3.05, 3.63) is 0 Å². The Morgan fingerprint density at radius 2 is 1.14 bits per heavy atom. The molecule has 0 fully saturated rings. The van der Waals surface area contributed by atoms with E-state index in [0.717, 1.165) is 19.4 Å². The van der Waals surface area contributed by atoms with Crippen LogP contribution in [0.3, 0.4) is 0 Å². The molecule has 0 heterocycles. The zero-order valence-electron chi connectivity index (χ0n) is 14.5. The lowest BCUT2D eigenvalue weighted by Crippen LogP contribution is -2.37. The second kappa shape index (κ2) is 16.3. The summed E-state index contributed by atoms with van der Waals surface area (Å²) in [7, 11) is 0. The van der Waals surface area contributed by atoms with Crippen LogP contribution < -0.4 is 17.2 Å². The summed E-state index contributed by atoms with van der Waals surface area (Å²) in [5, 5.41) is 0. The van der Waals surface area contributed by atoms with Gasteiger partial charge in [0.05, 0.1) is 0 Å². The number of hydrogen-bond donors (Lipinski definition) is 3. The molecule has 0 amide bonds. The average Bonchev–Trinajstić information content (AvgIpc) is 2.51. The van der Waals surface area contributed by atoms with E-state index in [0.29, 0.717) is 12.5 Å². The second-order valence-electron chi connectivity index (χ2n) is 6.56. The van der Waals surface area contributed by atoms with E-state index in [-0.39, 0.29) is 6.04 Å². The first kappa shape index (κ1) is 20.9. The van der Waals surface area contributed by atoms with E-state index >= 15 is 0 Å². The molecule has 0 aromatic heterocycles. The van der Waals surface area contributed by atoms with Crippen molar-refractivity contribution in [2.75, 3.05) is 13.1 Å². The first-order chi connectivity index (χ1) is 10.3. The molecule has 3 heteroatoms. The van der Waals surface area contributed by atoms with Crippen molar-refractivity contribution in [3.63, 3.8) is 0 Å². The van der Waals surface area contributed by atoms with Crippen LogP contribution in [0.15, 0.2) is 0 Å². The lowest BCUT2D eigenvalue weighted by atomic mass is 9.89. The summed E-state index contributed by atoms with van der Waals surface area (Å²) in [5.41, 5.74) is 17.4. The molecular formula is C18H41N3. The molecule has 0 saturated carbocycles. The molecule has 0 aliphatic rings. The van der Waals surface area contributed by atoms with Crippen LogP contribution >= 0.6 is 0 Å². The van der Waals surface area contributed by atoms with Gasteiger partial charge in [0.15, 0.2) is 0 Å². The van der Waals surface area contributed by atoms with Gasteiger partial charge in [0.2, 0.25) is 0 Å². The Morgan fingerprint density at radius 1 is 0.667 bits per heavy atom. The molecule has 0 saturated heterocycles. The molecule has 6 N–H and O–H groups in total. The van der Waals surface area contributed by atoms with Crippen molar-refractivity contribution in [2.45, 2.75) is 96.4 Å². The van der Waals surface area contributed by atoms with Gasteiger partial charge in [-0.2, -0.15) is 0 Å². The van der Waals surface area contributed by atoms with Crippen molar-refractivity contribution in [1.29, 1.82) is 0 Å². The molecule has 2 unspecified atom stereocenters. The minimum absolute atomic E-state index is 0.162. The highest BCUT2D eigenvalue weighted by Gasteiger charge is 2.15. The SMILES string of the molecule is CCCCCCCCCCCCC(CCCN)C(N)CN. The molecule has 21 heavy (non-hydrogen) atoms. The number of nitrogens with two attached hydrogens (primary N) is 3. The number of rotatable bonds is 16. The topological polar surface area (TPSA) is 78.1 Å². The lowest BCUT2D eigenvalue weighted by Gasteiger charge is -2.22. The van der Waals surface area contributed by atoms with Gasteiger partial charge < -0.3 is 17.2 Å². The van der Waals surface area contributed by atoms with Crippen LogP contribution in [-0.2, 0) is 0 Å². The summed E-state index contributed by atoms with van der Waals surface area (Å²) in [6.07, 6.45) is 17.4. The molecule has 0 aliphatic heterocycles. The summed E-state index contributed by atoms with van der Waals surface area (Å²) in [4.78, 5) is 0. The van der Waals surface area contributed by atoms with Crippen LogP contribution in [0.25, 0.3) is 0 Å². The Bertz CT molecular complexity index is 197. The van der Waals surface area contributed by atoms with Gasteiger partial charge in [-0.05, 0) is 31.7 Å². The van der Waals surface area contributed by atoms with Gasteiger partial charge in [0, 0.05) is 12.6 Å². The Hall–Kier alpha value is -0.120. The average molecular weight is 300 g/mol. The van der Waals surface area contributed by atoms with Gasteiger partial charge in [-0.1, -0.05) is 71.1 Å². The van der Waals surface area contributed by atoms with Gasteiger partial charge in [0.1, 0.15) is 0 Å². The fraction of sp³-hybridized carbons (Fsp3) is 1.00. The molecule has 0 radical (unpaired) electrons. The predicted molar refractivity (Wildman–Crippen MR) is 95.3 cm³/mol. The quantitative estimate of drug-likeness (QED) is 0.378. The van der Waals surface area contributed by atoms with Crippen molar-refractivity contribution < 1.29 is 0 Å². The van der Waals surface area contributed by atoms with E-state index < -0.39 is 0 Å². The minimum atomic E-state index is 0.162. The van der Waals surface area contributed by atoms with Gasteiger partial charge in [0.25, 0.3) is 0 Å². The van der Waals surface area contributed by atoms with Crippen LogP contribution in [0.4, 0.5) is 0 Å². The van der Waals surface area contributed by atoms with Crippen molar-refractivity contribution in [1.82, 2.24) is 0 Å². The molecular weight excluding hydrogens is 258 g/mol. The normalized spacial score (nSPS) is 14.3. The maximum atomic E-state index is 6.11. The van der Waals surface area contributed by atoms with Gasteiger partial charge in [-0.25, -0.2) is 0 Å². The van der Waals surface area contributed by atoms with E-state index in [4.69, 9.17) is 17.2 Å². The maximum absolute atomic E-state index is 6.11. The van der Waals surface area contributed by atoms with Gasteiger partial charge in [-0.15, -0.1) is 0 Å². The summed E-state index contributed by atoms with van der Waals surface area (Å²) in [5.74, 6) is 0.576. The largest absolute Gasteiger partial charge is 0.330 e. The molecule has 3 nitrogen and oxygen atoms in total. The molecule has 0 aromatic rings. The molecule has 128 valence electrons. The summed E-state index contributed by atoms with van der Waals surface area (Å²) >= 11 is 0. The zero-order valence-corrected chi connectivity index (χ0v) is 14.5. The Balaban J connectivity index is 3.44. The van der Waals surface area contributed by atoms with Crippen molar-refractivity contribution in [2.24, 2.45) is 23.1 Å². The van der Waals surface area contributed by atoms with Gasteiger partial charge in [-0.3, -0.25) is 0 Å². The van der Waals surface area contributed by atoms with Crippen molar-refractivity contribution >= 4 is 0 Å². The first-order valence-electron chi connectivity index (χ1n) is 9.42. The second-order valence-corrected chi connectivity index (χ2v) is 6.56. The highest BCUT2D eigenvalue weighted by atomic mass is 14.7. The molecule has 0 bridgehead atoms. The third kappa shape index (κ3) is 13.3. The molecule has 0 aromatic carbocycles. The molecule has 2 atom stereocenters. The standard InChI is InChI=1S/C18H41N3/c1-2-3-4-5-6-7-8-9-10-11-13-17(14-12-15-19)18(21)16-20/h17-18H,2-16,19-21H2,1H3. The van der Waals surface area contributed by atoms with E-state index in [1.165, 1.54) is 70.6 Å². The van der Waals surface area contributed by atoms with Crippen LogP contribution in [0, 0.1) is 5.92 Å². The zero-order chi connectivity index (χ0) is 15.8.